The van der Waals surface area contributed by atoms with Crippen molar-refractivity contribution >= 4 is 41.7 Å². The second-order valence-electron chi connectivity index (χ2n) is 10.0. The molecule has 0 unspecified atom stereocenters. The molecule has 220 valence electrons. The van der Waals surface area contributed by atoms with Gasteiger partial charge in [-0.15, -0.1) is 12.4 Å². The fourth-order valence-corrected chi connectivity index (χ4v) is 4.17. The maximum atomic E-state index is 13.6. The lowest BCUT2D eigenvalue weighted by Gasteiger charge is -2.26. The van der Waals surface area contributed by atoms with Crippen molar-refractivity contribution in [3.8, 4) is 11.5 Å². The lowest BCUT2D eigenvalue weighted by molar-refractivity contribution is -0.153. The summed E-state index contributed by atoms with van der Waals surface area (Å²) >= 11 is 0. The average molecular weight is 596 g/mol. The predicted molar refractivity (Wildman–Crippen MR) is 146 cm³/mol. The van der Waals surface area contributed by atoms with Gasteiger partial charge in [0.25, 0.3) is 5.91 Å². The molecule has 0 aliphatic carbocycles. The van der Waals surface area contributed by atoms with Gasteiger partial charge in [-0.05, 0) is 44.5 Å². The van der Waals surface area contributed by atoms with Crippen molar-refractivity contribution in [1.82, 2.24) is 14.9 Å². The highest BCUT2D eigenvalue weighted by molar-refractivity contribution is 6.04. The van der Waals surface area contributed by atoms with Gasteiger partial charge in [0.05, 0.1) is 17.3 Å². The van der Waals surface area contributed by atoms with E-state index >= 15 is 0 Å². The predicted octanol–water partition coefficient (Wildman–Crippen LogP) is 4.97. The van der Waals surface area contributed by atoms with Gasteiger partial charge in [-0.2, -0.15) is 13.2 Å². The van der Waals surface area contributed by atoms with Crippen LogP contribution in [0.15, 0.2) is 53.1 Å². The molecule has 10 nitrogen and oxygen atoms in total. The number of rotatable bonds is 7. The van der Waals surface area contributed by atoms with E-state index in [0.29, 0.717) is 44.0 Å². The van der Waals surface area contributed by atoms with Crippen LogP contribution in [0.5, 0.6) is 0 Å². The van der Waals surface area contributed by atoms with Gasteiger partial charge < -0.3 is 24.6 Å². The summed E-state index contributed by atoms with van der Waals surface area (Å²) in [4.78, 5) is 48.5. The molecule has 1 aliphatic rings. The first-order valence-electron chi connectivity index (χ1n) is 12.5. The third kappa shape index (κ3) is 7.54. The first-order chi connectivity index (χ1) is 18.8. The van der Waals surface area contributed by atoms with Gasteiger partial charge >= 0.3 is 12.1 Å². The van der Waals surface area contributed by atoms with Crippen molar-refractivity contribution < 1.29 is 37.1 Å². The summed E-state index contributed by atoms with van der Waals surface area (Å²) < 4.78 is 45.7. The Morgan fingerprint density at radius 2 is 1.73 bits per heavy atom. The molecule has 14 heteroatoms. The Morgan fingerprint density at radius 3 is 2.34 bits per heavy atom. The lowest BCUT2D eigenvalue weighted by Crippen LogP contribution is -2.39. The standard InChI is InChI=1S/C27H28F3N5O5.ClH/c1-26(2,25(38)39)15-20(36)35-12-6-11-34(13-14-35)19-10-9-18(16-31-19)32-23(37)21-22(27(28,29)30)40-24(33-21)17-7-4-3-5-8-17;/h3-5,7-10,16H,6,11-15H2,1-2H3,(H,32,37)(H,38,39);1H. The van der Waals surface area contributed by atoms with Crippen LogP contribution < -0.4 is 10.2 Å². The minimum Gasteiger partial charge on any atom is -0.481 e. The molecule has 2 N–H and O–H groups in total. The molecule has 41 heavy (non-hydrogen) atoms. The van der Waals surface area contributed by atoms with E-state index < -0.39 is 34.9 Å². The number of amides is 2. The van der Waals surface area contributed by atoms with E-state index in [1.165, 1.54) is 38.2 Å². The number of hydrogen-bond donors (Lipinski definition) is 2. The molecule has 2 amide bonds. The number of carbonyl (C=O) groups is 3. The van der Waals surface area contributed by atoms with Crippen LogP contribution in [0.4, 0.5) is 24.7 Å². The maximum absolute atomic E-state index is 13.6. The highest BCUT2D eigenvalue weighted by Gasteiger charge is 2.42. The number of carboxylic acid groups (broad SMARTS) is 1. The van der Waals surface area contributed by atoms with Crippen molar-refractivity contribution in [3.05, 3.63) is 60.1 Å². The zero-order chi connectivity index (χ0) is 29.1. The number of alkyl halides is 3. The Morgan fingerprint density at radius 1 is 1.02 bits per heavy atom. The van der Waals surface area contributed by atoms with E-state index in [1.807, 2.05) is 4.90 Å². The summed E-state index contributed by atoms with van der Waals surface area (Å²) in [6.07, 6.45) is -3.08. The molecule has 0 radical (unpaired) electrons. The van der Waals surface area contributed by atoms with Crippen molar-refractivity contribution in [2.24, 2.45) is 5.41 Å². The number of halogens is 4. The third-order valence-electron chi connectivity index (χ3n) is 6.47. The monoisotopic (exact) mass is 595 g/mol. The molecule has 0 bridgehead atoms. The van der Waals surface area contributed by atoms with Gasteiger partial charge in [-0.1, -0.05) is 18.2 Å². The second kappa shape index (κ2) is 12.6. The highest BCUT2D eigenvalue weighted by Crippen LogP contribution is 2.35. The Labute approximate surface area is 240 Å². The number of pyridine rings is 1. The third-order valence-corrected chi connectivity index (χ3v) is 6.47. The quantitative estimate of drug-likeness (QED) is 0.392. The summed E-state index contributed by atoms with van der Waals surface area (Å²) in [5, 5.41) is 11.7. The smallest absolute Gasteiger partial charge is 0.452 e. The average Bonchev–Trinajstić information content (AvgIpc) is 3.23. The number of aromatic nitrogens is 2. The number of benzene rings is 1. The van der Waals surface area contributed by atoms with Crippen LogP contribution in [0.3, 0.4) is 0 Å². The lowest BCUT2D eigenvalue weighted by atomic mass is 9.89. The number of oxazole rings is 1. The van der Waals surface area contributed by atoms with Crippen LogP contribution in [-0.2, 0) is 15.8 Å². The fraction of sp³-hybridized carbons (Fsp3) is 0.370. The molecule has 0 saturated carbocycles. The largest absolute Gasteiger partial charge is 0.481 e. The summed E-state index contributed by atoms with van der Waals surface area (Å²) in [5.41, 5.74) is -1.60. The van der Waals surface area contributed by atoms with Crippen LogP contribution in [0.2, 0.25) is 0 Å². The van der Waals surface area contributed by atoms with Gasteiger partial charge in [-0.3, -0.25) is 14.4 Å². The number of aliphatic carboxylic acids is 1. The normalized spacial score (nSPS) is 14.2. The van der Waals surface area contributed by atoms with Gasteiger partial charge in [0, 0.05) is 38.2 Å². The molecule has 0 spiro atoms. The van der Waals surface area contributed by atoms with E-state index in [0.717, 1.165) is 0 Å². The zero-order valence-corrected chi connectivity index (χ0v) is 23.1. The minimum atomic E-state index is -4.93. The van der Waals surface area contributed by atoms with Crippen molar-refractivity contribution in [3.63, 3.8) is 0 Å². The zero-order valence-electron chi connectivity index (χ0n) is 22.3. The summed E-state index contributed by atoms with van der Waals surface area (Å²) in [6, 6.07) is 11.1. The van der Waals surface area contributed by atoms with E-state index in [-0.39, 0.29) is 36.3 Å². The number of nitrogens with one attached hydrogen (secondary N) is 1. The van der Waals surface area contributed by atoms with Crippen LogP contribution >= 0.6 is 12.4 Å². The number of hydrogen-bond acceptors (Lipinski definition) is 7. The van der Waals surface area contributed by atoms with Crippen LogP contribution in [-0.4, -0.2) is 63.9 Å². The van der Waals surface area contributed by atoms with Gasteiger partial charge in [0.2, 0.25) is 17.6 Å². The molecule has 4 rings (SSSR count). The number of anilines is 2. The Kier molecular flexibility index (Phi) is 9.64. The van der Waals surface area contributed by atoms with E-state index in [9.17, 15) is 32.7 Å². The number of nitrogens with zero attached hydrogens (tertiary/aromatic N) is 4. The number of carbonyl (C=O) groups excluding carboxylic acids is 2. The second-order valence-corrected chi connectivity index (χ2v) is 10.0. The van der Waals surface area contributed by atoms with Crippen molar-refractivity contribution in [1.29, 1.82) is 0 Å². The Hall–Kier alpha value is -4.13. The van der Waals surface area contributed by atoms with E-state index in [2.05, 4.69) is 15.3 Å². The molecule has 2 aromatic heterocycles. The SMILES string of the molecule is CC(C)(CC(=O)N1CCCN(c2ccc(NC(=O)c3nc(-c4ccccc4)oc3C(F)(F)F)cn2)CC1)C(=O)O.Cl. The maximum Gasteiger partial charge on any atom is 0.452 e. The first kappa shape index (κ1) is 31.4. The van der Waals surface area contributed by atoms with Gasteiger partial charge in [-0.25, -0.2) is 9.97 Å². The van der Waals surface area contributed by atoms with Crippen LogP contribution in [0, 0.1) is 5.41 Å². The minimum absolute atomic E-state index is 0. The number of carboxylic acids is 1. The Bertz CT molecular complexity index is 1380. The van der Waals surface area contributed by atoms with Gasteiger partial charge in [0.1, 0.15) is 5.82 Å². The first-order valence-corrected chi connectivity index (χ1v) is 12.5. The molecule has 1 aromatic carbocycles. The van der Waals surface area contributed by atoms with E-state index in [4.69, 9.17) is 4.42 Å². The van der Waals surface area contributed by atoms with Crippen LogP contribution in [0.25, 0.3) is 11.5 Å². The summed E-state index contributed by atoms with van der Waals surface area (Å²) in [5.74, 6) is -3.64. The summed E-state index contributed by atoms with van der Waals surface area (Å²) in [6.45, 7) is 4.91. The summed E-state index contributed by atoms with van der Waals surface area (Å²) in [7, 11) is 0. The molecule has 3 heterocycles. The topological polar surface area (TPSA) is 129 Å². The molecule has 1 saturated heterocycles. The van der Waals surface area contributed by atoms with Crippen molar-refractivity contribution in [2.75, 3.05) is 36.4 Å². The molecular formula is C27H29ClF3N5O5. The van der Waals surface area contributed by atoms with Crippen LogP contribution in [0.1, 0.15) is 42.9 Å². The highest BCUT2D eigenvalue weighted by atomic mass is 35.5. The Balaban J connectivity index is 0.00000462. The molecule has 3 aromatic rings. The van der Waals surface area contributed by atoms with E-state index in [1.54, 1.807) is 29.2 Å². The fourth-order valence-electron chi connectivity index (χ4n) is 4.17. The molecule has 0 atom stereocenters. The van der Waals surface area contributed by atoms with Crippen molar-refractivity contribution in [2.45, 2.75) is 32.9 Å². The molecular weight excluding hydrogens is 567 g/mol. The molecule has 1 aliphatic heterocycles. The van der Waals surface area contributed by atoms with Gasteiger partial charge in [0.15, 0.2) is 5.69 Å². The molecule has 1 fully saturated rings.